The van der Waals surface area contributed by atoms with Crippen molar-refractivity contribution in [2.24, 2.45) is 5.92 Å². The lowest BCUT2D eigenvalue weighted by Gasteiger charge is -2.22. The molecule has 2 aromatic rings. The number of carbonyl (C=O) groups is 1. The van der Waals surface area contributed by atoms with E-state index in [0.717, 1.165) is 23.8 Å². The molecule has 1 atom stereocenters. The summed E-state index contributed by atoms with van der Waals surface area (Å²) in [4.78, 5) is 12.0. The third kappa shape index (κ3) is 4.86. The average molecular weight is 318 g/mol. The number of hydrogen-bond acceptors (Lipinski definition) is 2. The van der Waals surface area contributed by atoms with Gasteiger partial charge in [0.05, 0.1) is 12.2 Å². The SMILES string of the molecule is CC(C)C(NCC(=O)Nc1cc(F)ccc1F)c1ccccc1. The third-order valence-corrected chi connectivity index (χ3v) is 3.51. The molecular formula is C18H20F2N2O. The van der Waals surface area contributed by atoms with Crippen molar-refractivity contribution in [3.63, 3.8) is 0 Å². The fourth-order valence-electron chi connectivity index (χ4n) is 2.39. The van der Waals surface area contributed by atoms with Gasteiger partial charge in [-0.3, -0.25) is 4.79 Å². The molecular weight excluding hydrogens is 298 g/mol. The quantitative estimate of drug-likeness (QED) is 0.848. The second kappa shape index (κ2) is 7.83. The van der Waals surface area contributed by atoms with Crippen LogP contribution in [0.5, 0.6) is 0 Å². The van der Waals surface area contributed by atoms with E-state index in [2.05, 4.69) is 24.5 Å². The molecule has 0 bridgehead atoms. The summed E-state index contributed by atoms with van der Waals surface area (Å²) < 4.78 is 26.6. The summed E-state index contributed by atoms with van der Waals surface area (Å²) in [7, 11) is 0. The fraction of sp³-hybridized carbons (Fsp3) is 0.278. The number of hydrogen-bond donors (Lipinski definition) is 2. The van der Waals surface area contributed by atoms with Crippen LogP contribution in [-0.4, -0.2) is 12.5 Å². The number of rotatable bonds is 6. The van der Waals surface area contributed by atoms with E-state index < -0.39 is 17.5 Å². The summed E-state index contributed by atoms with van der Waals surface area (Å²) in [6.07, 6.45) is 0. The van der Waals surface area contributed by atoms with Gasteiger partial charge in [0.25, 0.3) is 0 Å². The number of carbonyl (C=O) groups excluding carboxylic acids is 1. The summed E-state index contributed by atoms with van der Waals surface area (Å²) >= 11 is 0. The zero-order valence-electron chi connectivity index (χ0n) is 13.1. The molecule has 2 rings (SSSR count). The highest BCUT2D eigenvalue weighted by atomic mass is 19.1. The van der Waals surface area contributed by atoms with Crippen LogP contribution in [0.1, 0.15) is 25.5 Å². The van der Waals surface area contributed by atoms with Gasteiger partial charge in [-0.15, -0.1) is 0 Å². The van der Waals surface area contributed by atoms with Crippen molar-refractivity contribution >= 4 is 11.6 Å². The van der Waals surface area contributed by atoms with Crippen LogP contribution < -0.4 is 10.6 Å². The summed E-state index contributed by atoms with van der Waals surface area (Å²) in [5.74, 6) is -1.41. The van der Waals surface area contributed by atoms with E-state index in [9.17, 15) is 13.6 Å². The van der Waals surface area contributed by atoms with Crippen LogP contribution in [-0.2, 0) is 4.79 Å². The number of anilines is 1. The Bertz CT molecular complexity index is 659. The zero-order valence-corrected chi connectivity index (χ0v) is 13.1. The monoisotopic (exact) mass is 318 g/mol. The van der Waals surface area contributed by atoms with E-state index in [1.54, 1.807) is 0 Å². The van der Waals surface area contributed by atoms with Crippen LogP contribution >= 0.6 is 0 Å². The van der Waals surface area contributed by atoms with Gasteiger partial charge in [-0.1, -0.05) is 44.2 Å². The summed E-state index contributed by atoms with van der Waals surface area (Å²) in [5, 5.41) is 5.54. The van der Waals surface area contributed by atoms with Crippen molar-refractivity contribution in [3.8, 4) is 0 Å². The summed E-state index contributed by atoms with van der Waals surface area (Å²) in [5.41, 5.74) is 0.921. The minimum atomic E-state index is -0.664. The molecule has 0 saturated carbocycles. The Kier molecular flexibility index (Phi) is 5.82. The van der Waals surface area contributed by atoms with Crippen molar-refractivity contribution < 1.29 is 13.6 Å². The van der Waals surface area contributed by atoms with Gasteiger partial charge >= 0.3 is 0 Å². The zero-order chi connectivity index (χ0) is 16.8. The second-order valence-corrected chi connectivity index (χ2v) is 5.69. The Hall–Kier alpha value is -2.27. The Labute approximate surface area is 134 Å². The predicted molar refractivity (Wildman–Crippen MR) is 87.0 cm³/mol. The highest BCUT2D eigenvalue weighted by Crippen LogP contribution is 2.21. The maximum absolute atomic E-state index is 13.5. The van der Waals surface area contributed by atoms with E-state index in [0.29, 0.717) is 0 Å². The molecule has 0 saturated heterocycles. The Morgan fingerprint density at radius 3 is 2.43 bits per heavy atom. The van der Waals surface area contributed by atoms with Crippen LogP contribution in [0.2, 0.25) is 0 Å². The van der Waals surface area contributed by atoms with Gasteiger partial charge in [-0.25, -0.2) is 8.78 Å². The highest BCUT2D eigenvalue weighted by Gasteiger charge is 2.16. The Balaban J connectivity index is 1.98. The number of nitrogens with one attached hydrogen (secondary N) is 2. The molecule has 2 N–H and O–H groups in total. The minimum absolute atomic E-state index is 0.000642. The van der Waals surface area contributed by atoms with Crippen LogP contribution in [0.3, 0.4) is 0 Å². The van der Waals surface area contributed by atoms with E-state index in [4.69, 9.17) is 0 Å². The molecule has 0 aliphatic rings. The van der Waals surface area contributed by atoms with Gasteiger partial charge in [-0.05, 0) is 23.6 Å². The third-order valence-electron chi connectivity index (χ3n) is 3.51. The van der Waals surface area contributed by atoms with Crippen LogP contribution in [0.4, 0.5) is 14.5 Å². The van der Waals surface area contributed by atoms with Crippen molar-refractivity contribution in [2.45, 2.75) is 19.9 Å². The van der Waals surface area contributed by atoms with Crippen molar-refractivity contribution in [2.75, 3.05) is 11.9 Å². The first-order valence-electron chi connectivity index (χ1n) is 7.50. The standard InChI is InChI=1S/C18H20F2N2O/c1-12(2)18(13-6-4-3-5-7-13)21-11-17(23)22-16-10-14(19)8-9-15(16)20/h3-10,12,18,21H,11H2,1-2H3,(H,22,23). The Morgan fingerprint density at radius 2 is 1.78 bits per heavy atom. The molecule has 0 aliphatic carbocycles. The lowest BCUT2D eigenvalue weighted by Crippen LogP contribution is -2.33. The van der Waals surface area contributed by atoms with Gasteiger partial charge in [0.1, 0.15) is 11.6 Å². The largest absolute Gasteiger partial charge is 0.322 e. The molecule has 3 nitrogen and oxygen atoms in total. The molecule has 0 heterocycles. The van der Waals surface area contributed by atoms with E-state index >= 15 is 0 Å². The Morgan fingerprint density at radius 1 is 1.09 bits per heavy atom. The molecule has 0 spiro atoms. The van der Waals surface area contributed by atoms with Gasteiger partial charge in [0.15, 0.2) is 0 Å². The maximum Gasteiger partial charge on any atom is 0.238 e. The fourth-order valence-corrected chi connectivity index (χ4v) is 2.39. The lowest BCUT2D eigenvalue weighted by atomic mass is 9.96. The molecule has 1 unspecified atom stereocenters. The van der Waals surface area contributed by atoms with E-state index in [-0.39, 0.29) is 24.2 Å². The number of halogens is 2. The van der Waals surface area contributed by atoms with Gasteiger partial charge < -0.3 is 10.6 Å². The van der Waals surface area contributed by atoms with E-state index in [1.807, 2.05) is 30.3 Å². The van der Waals surface area contributed by atoms with Gasteiger partial charge in [0.2, 0.25) is 5.91 Å². The molecule has 23 heavy (non-hydrogen) atoms. The second-order valence-electron chi connectivity index (χ2n) is 5.69. The molecule has 2 aromatic carbocycles. The predicted octanol–water partition coefficient (Wildman–Crippen LogP) is 3.89. The van der Waals surface area contributed by atoms with Crippen molar-refractivity contribution in [1.82, 2.24) is 5.32 Å². The molecule has 5 heteroatoms. The van der Waals surface area contributed by atoms with E-state index in [1.165, 1.54) is 0 Å². The molecule has 0 aromatic heterocycles. The lowest BCUT2D eigenvalue weighted by molar-refractivity contribution is -0.115. The summed E-state index contributed by atoms with van der Waals surface area (Å²) in [6, 6.07) is 12.7. The molecule has 0 aliphatic heterocycles. The first-order valence-corrected chi connectivity index (χ1v) is 7.50. The van der Waals surface area contributed by atoms with Crippen LogP contribution in [0.25, 0.3) is 0 Å². The normalized spacial score (nSPS) is 12.2. The first-order chi connectivity index (χ1) is 11.0. The van der Waals surface area contributed by atoms with Crippen LogP contribution in [0, 0.1) is 17.6 Å². The first kappa shape index (κ1) is 17.1. The number of amides is 1. The maximum atomic E-state index is 13.5. The molecule has 1 amide bonds. The molecule has 122 valence electrons. The minimum Gasteiger partial charge on any atom is -0.322 e. The van der Waals surface area contributed by atoms with Gasteiger partial charge in [0, 0.05) is 12.1 Å². The highest BCUT2D eigenvalue weighted by molar-refractivity contribution is 5.92. The molecule has 0 radical (unpaired) electrons. The topological polar surface area (TPSA) is 41.1 Å². The van der Waals surface area contributed by atoms with Crippen molar-refractivity contribution in [3.05, 3.63) is 65.7 Å². The average Bonchev–Trinajstić information content (AvgIpc) is 2.52. The summed E-state index contributed by atoms with van der Waals surface area (Å²) in [6.45, 7) is 4.11. The smallest absolute Gasteiger partial charge is 0.238 e. The van der Waals surface area contributed by atoms with Gasteiger partial charge in [-0.2, -0.15) is 0 Å². The molecule has 0 fully saturated rings. The number of benzene rings is 2. The van der Waals surface area contributed by atoms with Crippen LogP contribution in [0.15, 0.2) is 48.5 Å². The van der Waals surface area contributed by atoms with Crippen molar-refractivity contribution in [1.29, 1.82) is 0 Å².